The van der Waals surface area contributed by atoms with Crippen molar-refractivity contribution < 1.29 is 29.5 Å². The van der Waals surface area contributed by atoms with Gasteiger partial charge in [-0.25, -0.2) is 15.0 Å². The van der Waals surface area contributed by atoms with E-state index in [4.69, 9.17) is 28.2 Å². The Bertz CT molecular complexity index is 4820. The first-order valence-corrected chi connectivity index (χ1v) is 27.6. The molecule has 0 atom stereocenters. The van der Waals surface area contributed by atoms with Crippen molar-refractivity contribution in [2.24, 2.45) is 15.0 Å². The van der Waals surface area contributed by atoms with Gasteiger partial charge in [0.1, 0.15) is 0 Å². The van der Waals surface area contributed by atoms with Crippen LogP contribution in [-0.2, 0) is 0 Å². The summed E-state index contributed by atoms with van der Waals surface area (Å²) >= 11 is 12.2. The highest BCUT2D eigenvalue weighted by Crippen LogP contribution is 2.49. The molecular formula is C66H41Cl2N9O12. The summed E-state index contributed by atoms with van der Waals surface area (Å²) in [5.41, 5.74) is 12.1. The van der Waals surface area contributed by atoms with Gasteiger partial charge < -0.3 is 0 Å². The fourth-order valence-corrected chi connectivity index (χ4v) is 11.1. The van der Waals surface area contributed by atoms with E-state index in [0.29, 0.717) is 105 Å². The van der Waals surface area contributed by atoms with E-state index < -0.39 is 29.5 Å². The third kappa shape index (κ3) is 11.6. The summed E-state index contributed by atoms with van der Waals surface area (Å²) in [6.07, 6.45) is 0. The summed E-state index contributed by atoms with van der Waals surface area (Å²) in [4.78, 5) is 79.7. The number of hydrogen-bond donors (Lipinski definition) is 0. The van der Waals surface area contributed by atoms with E-state index in [0.717, 1.165) is 51.6 Å². The minimum atomic E-state index is -0.644. The number of fused-ring (bicyclic) bond motifs is 9. The molecule has 21 nitrogen and oxygen atoms in total. The molecule has 0 radical (unpaired) electrons. The van der Waals surface area contributed by atoms with E-state index in [1.54, 1.807) is 60.7 Å². The first-order chi connectivity index (χ1) is 42.6. The van der Waals surface area contributed by atoms with Crippen LogP contribution in [0.3, 0.4) is 0 Å². The van der Waals surface area contributed by atoms with Crippen molar-refractivity contribution in [1.29, 1.82) is 0 Å². The lowest BCUT2D eigenvalue weighted by Crippen LogP contribution is -2.01. The normalized spacial score (nSPS) is 13.2. The molecule has 0 aromatic heterocycles. The van der Waals surface area contributed by atoms with Crippen LogP contribution in [0.1, 0.15) is 50.1 Å². The summed E-state index contributed by atoms with van der Waals surface area (Å²) in [5.74, 6) is 0. The number of rotatable bonds is 10. The van der Waals surface area contributed by atoms with E-state index in [-0.39, 0.29) is 34.1 Å². The average molecular weight is 1220 g/mol. The number of nitro groups is 6. The molecule has 0 amide bonds. The molecule has 3 aliphatic rings. The highest BCUT2D eigenvalue weighted by atomic mass is 35.5. The molecule has 10 aromatic carbocycles. The maximum atomic E-state index is 11.8. The molecule has 13 rings (SSSR count). The van der Waals surface area contributed by atoms with Crippen LogP contribution < -0.4 is 0 Å². The SMILES string of the molecule is Cc1ccc2c(c1)C(=Nc1ccc(Cl)cc1)c1cc([N+](=O)[O-])cc([N+](=O)[O-])c1-2.Cc1ccc2c(c1)C(=Nc1cccc(-c3ccccc3)c1)c1cc([N+](=O)[O-])cc([N+](=O)[O-])c1-2.Cc1ccc2c(c1)C(=Nc1ccccc1Cl)c1cc([N+](=O)[O-])cc([N+](=O)[O-])c1-2. The summed E-state index contributed by atoms with van der Waals surface area (Å²) in [5, 5.41) is 70.3. The molecular weight excluding hydrogens is 1180 g/mol. The highest BCUT2D eigenvalue weighted by molar-refractivity contribution is 6.34. The molecule has 0 unspecified atom stereocenters. The molecule has 436 valence electrons. The van der Waals surface area contributed by atoms with Gasteiger partial charge in [-0.05, 0) is 115 Å². The van der Waals surface area contributed by atoms with Crippen molar-refractivity contribution in [2.45, 2.75) is 20.8 Å². The predicted octanol–water partition coefficient (Wildman–Crippen LogP) is 17.9. The van der Waals surface area contributed by atoms with Gasteiger partial charge in [0.2, 0.25) is 0 Å². The summed E-state index contributed by atoms with van der Waals surface area (Å²) in [6, 6.07) is 54.9. The van der Waals surface area contributed by atoms with E-state index >= 15 is 0 Å². The van der Waals surface area contributed by atoms with Gasteiger partial charge in [0.25, 0.3) is 34.1 Å². The van der Waals surface area contributed by atoms with Crippen LogP contribution in [0.15, 0.2) is 209 Å². The molecule has 10 aromatic rings. The zero-order valence-electron chi connectivity index (χ0n) is 46.7. The molecule has 3 aliphatic carbocycles. The zero-order chi connectivity index (χ0) is 63.1. The van der Waals surface area contributed by atoms with Crippen LogP contribution in [0, 0.1) is 81.5 Å². The summed E-state index contributed by atoms with van der Waals surface area (Å²) in [7, 11) is 0. The highest BCUT2D eigenvalue weighted by Gasteiger charge is 2.38. The lowest BCUT2D eigenvalue weighted by Gasteiger charge is -2.06. The molecule has 0 heterocycles. The lowest BCUT2D eigenvalue weighted by molar-refractivity contribution is -0.394. The quantitative estimate of drug-likeness (QED) is 0.0912. The van der Waals surface area contributed by atoms with Crippen LogP contribution in [-0.4, -0.2) is 46.7 Å². The molecule has 0 N–H and O–H groups in total. The monoisotopic (exact) mass is 1220 g/mol. The Labute approximate surface area is 513 Å². The summed E-state index contributed by atoms with van der Waals surface area (Å²) < 4.78 is 0. The van der Waals surface area contributed by atoms with Gasteiger partial charge in [-0.2, -0.15) is 0 Å². The largest absolute Gasteiger partial charge is 0.284 e. The van der Waals surface area contributed by atoms with Crippen LogP contribution in [0.25, 0.3) is 44.5 Å². The van der Waals surface area contributed by atoms with E-state index in [1.807, 2.05) is 118 Å². The van der Waals surface area contributed by atoms with E-state index in [9.17, 15) is 60.7 Å². The summed E-state index contributed by atoms with van der Waals surface area (Å²) in [6.45, 7) is 5.72. The van der Waals surface area contributed by atoms with E-state index in [1.165, 1.54) is 18.2 Å². The predicted molar refractivity (Wildman–Crippen MR) is 340 cm³/mol. The number of nitrogens with zero attached hydrogens (tertiary/aromatic N) is 9. The lowest BCUT2D eigenvalue weighted by atomic mass is 10.0. The molecule has 23 heteroatoms. The molecule has 0 spiro atoms. The van der Waals surface area contributed by atoms with Gasteiger partial charge in [-0.3, -0.25) is 60.7 Å². The third-order valence-corrected chi connectivity index (χ3v) is 15.3. The van der Waals surface area contributed by atoms with Gasteiger partial charge in [0, 0.05) is 56.6 Å². The standard InChI is InChI=1S/C26H17N3O4.2C20H12ClN3O4/c1-16-10-11-21-22(12-16)26(23-14-20(28(30)31)15-24(25(21)23)29(32)33)27-19-9-5-8-18(13-19)17-6-3-2-4-7-17;1-11-2-7-15-16(8-11)20(22-13-5-3-12(21)4-6-13)17-9-14(23(25)26)10-18(19(15)17)24(27)28;1-11-6-7-13-14(8-11)20(22-17-5-3-2-4-16(17)21)15-9-12(23(25)26)10-18(19(13)15)24(27)28/h2-15H,1H3;2*2-10H,1H3. The van der Waals surface area contributed by atoms with Gasteiger partial charge in [-0.1, -0.05) is 131 Å². The van der Waals surface area contributed by atoms with E-state index in [2.05, 4.69) is 9.98 Å². The minimum absolute atomic E-state index is 0.299. The number of para-hydroxylation sites is 1. The molecule has 0 saturated heterocycles. The number of benzene rings is 10. The maximum absolute atomic E-state index is 11.8. The Kier molecular flexibility index (Phi) is 15.8. The number of hydrogen-bond acceptors (Lipinski definition) is 15. The van der Waals surface area contributed by atoms with Gasteiger partial charge in [-0.15, -0.1) is 0 Å². The topological polar surface area (TPSA) is 296 Å². The Balaban J connectivity index is 0.000000138. The maximum Gasteiger partial charge on any atom is 0.284 e. The fraction of sp³-hybridized carbons (Fsp3) is 0.0455. The number of aliphatic imine (C=N–C) groups is 3. The van der Waals surface area contributed by atoms with Gasteiger partial charge in [0.15, 0.2) is 0 Å². The number of non-ortho nitro benzene ring substituents is 3. The fourth-order valence-electron chi connectivity index (χ4n) is 10.8. The Morgan fingerprint density at radius 2 is 0.697 bits per heavy atom. The van der Waals surface area contributed by atoms with Crippen molar-refractivity contribution in [1.82, 2.24) is 0 Å². The second-order valence-electron chi connectivity index (χ2n) is 20.6. The third-order valence-electron chi connectivity index (χ3n) is 14.7. The number of aryl methyl sites for hydroxylation is 3. The van der Waals surface area contributed by atoms with Crippen molar-refractivity contribution >= 4 is 91.5 Å². The molecule has 0 bridgehead atoms. The molecule has 0 saturated carbocycles. The van der Waals surface area contributed by atoms with Crippen molar-refractivity contribution in [2.75, 3.05) is 0 Å². The number of nitro benzene ring substituents is 6. The molecule has 0 fully saturated rings. The second kappa shape index (κ2) is 23.9. The smallest absolute Gasteiger partial charge is 0.258 e. The second-order valence-corrected chi connectivity index (χ2v) is 21.4. The van der Waals surface area contributed by atoms with Crippen molar-refractivity contribution in [3.05, 3.63) is 315 Å². The van der Waals surface area contributed by atoms with Gasteiger partial charge in [0.05, 0.1) is 104 Å². The average Bonchev–Trinajstić information content (AvgIpc) is 1.62. The van der Waals surface area contributed by atoms with Crippen LogP contribution >= 0.6 is 23.2 Å². The van der Waals surface area contributed by atoms with Gasteiger partial charge >= 0.3 is 0 Å². The Morgan fingerprint density at radius 1 is 0.315 bits per heavy atom. The molecule has 0 aliphatic heterocycles. The Hall–Kier alpha value is -11.8. The first kappa shape index (κ1) is 58.9. The molecule has 89 heavy (non-hydrogen) atoms. The Morgan fingerprint density at radius 3 is 1.10 bits per heavy atom. The van der Waals surface area contributed by atoms with Crippen LogP contribution in [0.4, 0.5) is 51.2 Å². The number of halogens is 2. The van der Waals surface area contributed by atoms with Crippen LogP contribution in [0.5, 0.6) is 0 Å². The minimum Gasteiger partial charge on any atom is -0.258 e. The van der Waals surface area contributed by atoms with Crippen molar-refractivity contribution in [3.8, 4) is 44.5 Å². The van der Waals surface area contributed by atoms with Crippen molar-refractivity contribution in [3.63, 3.8) is 0 Å². The first-order valence-electron chi connectivity index (χ1n) is 26.8. The zero-order valence-corrected chi connectivity index (χ0v) is 48.2. The van der Waals surface area contributed by atoms with Crippen LogP contribution in [0.2, 0.25) is 10.0 Å².